The van der Waals surface area contributed by atoms with Crippen molar-refractivity contribution in [1.82, 2.24) is 14.8 Å². The fourth-order valence-corrected chi connectivity index (χ4v) is 2.57. The molecular formula is C19H11ClN4O3. The standard InChI is InChI=1S/C19H11ClN4O3/c20-14-8-6-12(7-9-14)10-22-24-11-21-15-16(19(24)26)23-27-18(15)17(25)13-4-2-1-3-5-13/h1-11H/b22-10+. The minimum Gasteiger partial charge on any atom is -0.349 e. The molecule has 0 spiro atoms. The van der Waals surface area contributed by atoms with Gasteiger partial charge in [0.1, 0.15) is 11.8 Å². The molecule has 0 atom stereocenters. The zero-order chi connectivity index (χ0) is 18.8. The van der Waals surface area contributed by atoms with Gasteiger partial charge in [-0.25, -0.2) is 4.98 Å². The molecule has 2 heterocycles. The molecule has 4 rings (SSSR count). The van der Waals surface area contributed by atoms with E-state index in [1.54, 1.807) is 54.6 Å². The van der Waals surface area contributed by atoms with Crippen molar-refractivity contribution in [3.05, 3.63) is 93.2 Å². The summed E-state index contributed by atoms with van der Waals surface area (Å²) in [6, 6.07) is 15.5. The number of carbonyl (C=O) groups excluding carboxylic acids is 1. The van der Waals surface area contributed by atoms with Gasteiger partial charge in [-0.15, -0.1) is 0 Å². The summed E-state index contributed by atoms with van der Waals surface area (Å²) in [6.07, 6.45) is 2.71. The van der Waals surface area contributed by atoms with E-state index in [0.29, 0.717) is 10.6 Å². The smallest absolute Gasteiger partial charge is 0.304 e. The number of aromatic nitrogens is 3. The molecule has 0 saturated heterocycles. The number of rotatable bonds is 4. The average molecular weight is 379 g/mol. The fraction of sp³-hybridized carbons (Fsp3) is 0. The summed E-state index contributed by atoms with van der Waals surface area (Å²) in [4.78, 5) is 29.2. The van der Waals surface area contributed by atoms with Crippen LogP contribution < -0.4 is 5.56 Å². The predicted octanol–water partition coefficient (Wildman–Crippen LogP) is 3.15. The van der Waals surface area contributed by atoms with Crippen LogP contribution in [0.1, 0.15) is 21.7 Å². The Labute approximate surface area is 157 Å². The molecule has 4 aromatic rings. The lowest BCUT2D eigenvalue weighted by Crippen LogP contribution is -2.17. The highest BCUT2D eigenvalue weighted by atomic mass is 35.5. The number of benzene rings is 2. The van der Waals surface area contributed by atoms with Crippen LogP contribution in [0.3, 0.4) is 0 Å². The fourth-order valence-electron chi connectivity index (χ4n) is 2.45. The third-order valence-electron chi connectivity index (χ3n) is 3.82. The number of carbonyl (C=O) groups is 1. The summed E-state index contributed by atoms with van der Waals surface area (Å²) in [7, 11) is 0. The highest BCUT2D eigenvalue weighted by Gasteiger charge is 2.21. The molecule has 132 valence electrons. The summed E-state index contributed by atoms with van der Waals surface area (Å²) in [6.45, 7) is 0. The first-order chi connectivity index (χ1) is 13.1. The zero-order valence-corrected chi connectivity index (χ0v) is 14.5. The summed E-state index contributed by atoms with van der Waals surface area (Å²) in [5.74, 6) is -0.477. The summed E-state index contributed by atoms with van der Waals surface area (Å²) >= 11 is 5.84. The lowest BCUT2D eigenvalue weighted by molar-refractivity contribution is 0.100. The number of hydrogen-bond acceptors (Lipinski definition) is 6. The van der Waals surface area contributed by atoms with Crippen molar-refractivity contribution >= 4 is 34.6 Å². The first-order valence-corrected chi connectivity index (χ1v) is 8.28. The molecule has 8 heteroatoms. The quantitative estimate of drug-likeness (QED) is 0.402. The monoisotopic (exact) mass is 378 g/mol. The molecule has 2 aromatic carbocycles. The Balaban J connectivity index is 1.71. The van der Waals surface area contributed by atoms with Crippen molar-refractivity contribution in [3.8, 4) is 0 Å². The van der Waals surface area contributed by atoms with Gasteiger partial charge in [-0.2, -0.15) is 9.78 Å². The Bertz CT molecular complexity index is 1210. The van der Waals surface area contributed by atoms with Crippen LogP contribution in [0.4, 0.5) is 0 Å². The van der Waals surface area contributed by atoms with Gasteiger partial charge in [-0.1, -0.05) is 59.2 Å². The molecule has 0 aliphatic carbocycles. The second kappa shape index (κ2) is 6.97. The molecule has 0 radical (unpaired) electrons. The predicted molar refractivity (Wildman–Crippen MR) is 100 cm³/mol. The third kappa shape index (κ3) is 3.28. The molecule has 7 nitrogen and oxygen atoms in total. The molecule has 0 fully saturated rings. The van der Waals surface area contributed by atoms with Gasteiger partial charge in [0.25, 0.3) is 0 Å². The molecular weight excluding hydrogens is 368 g/mol. The van der Waals surface area contributed by atoms with Crippen LogP contribution >= 0.6 is 11.6 Å². The Morgan fingerprint density at radius 1 is 1.07 bits per heavy atom. The van der Waals surface area contributed by atoms with E-state index in [4.69, 9.17) is 16.1 Å². The van der Waals surface area contributed by atoms with Crippen molar-refractivity contribution in [2.45, 2.75) is 0 Å². The summed E-state index contributed by atoms with van der Waals surface area (Å²) < 4.78 is 6.13. The molecule has 2 aromatic heterocycles. The van der Waals surface area contributed by atoms with Gasteiger partial charge in [-0.3, -0.25) is 9.59 Å². The molecule has 0 saturated carbocycles. The van der Waals surface area contributed by atoms with Crippen molar-refractivity contribution < 1.29 is 9.32 Å². The van der Waals surface area contributed by atoms with E-state index in [0.717, 1.165) is 10.2 Å². The van der Waals surface area contributed by atoms with Gasteiger partial charge in [0, 0.05) is 10.6 Å². The number of ketones is 1. The summed E-state index contributed by atoms with van der Waals surface area (Å²) in [5, 5.41) is 8.39. The van der Waals surface area contributed by atoms with Crippen molar-refractivity contribution in [1.29, 1.82) is 0 Å². The molecule has 0 amide bonds. The Kier molecular flexibility index (Phi) is 4.35. The van der Waals surface area contributed by atoms with Gasteiger partial charge in [-0.05, 0) is 17.7 Å². The molecule has 0 N–H and O–H groups in total. The molecule has 0 aliphatic rings. The SMILES string of the molecule is O=C(c1ccccc1)c1onc2c(=O)n(/N=C/c3ccc(Cl)cc3)cnc12. The van der Waals surface area contributed by atoms with Crippen LogP contribution in [0.15, 0.2) is 75.3 Å². The molecule has 0 bridgehead atoms. The van der Waals surface area contributed by atoms with E-state index >= 15 is 0 Å². The van der Waals surface area contributed by atoms with Crippen LogP contribution in [-0.4, -0.2) is 26.8 Å². The third-order valence-corrected chi connectivity index (χ3v) is 4.07. The van der Waals surface area contributed by atoms with Crippen LogP contribution in [0.25, 0.3) is 11.0 Å². The normalized spacial score (nSPS) is 11.3. The largest absolute Gasteiger partial charge is 0.349 e. The van der Waals surface area contributed by atoms with Crippen LogP contribution in [0, 0.1) is 0 Å². The van der Waals surface area contributed by atoms with E-state index < -0.39 is 11.3 Å². The number of hydrogen-bond donors (Lipinski definition) is 0. The summed E-state index contributed by atoms with van der Waals surface area (Å²) in [5.41, 5.74) is 0.673. The highest BCUT2D eigenvalue weighted by Crippen LogP contribution is 2.17. The first kappa shape index (κ1) is 16.9. The van der Waals surface area contributed by atoms with E-state index in [2.05, 4.69) is 15.2 Å². The van der Waals surface area contributed by atoms with E-state index in [-0.39, 0.29) is 16.8 Å². The number of nitrogens with zero attached hydrogens (tertiary/aromatic N) is 4. The van der Waals surface area contributed by atoms with Crippen molar-refractivity contribution in [2.24, 2.45) is 5.10 Å². The molecule has 0 unspecified atom stereocenters. The van der Waals surface area contributed by atoms with E-state index in [1.165, 1.54) is 12.5 Å². The van der Waals surface area contributed by atoms with Crippen LogP contribution in [-0.2, 0) is 0 Å². The molecule has 0 aliphatic heterocycles. The minimum absolute atomic E-state index is 0.0648. The minimum atomic E-state index is -0.541. The number of fused-ring (bicyclic) bond motifs is 1. The van der Waals surface area contributed by atoms with E-state index in [1.807, 2.05) is 0 Å². The lowest BCUT2D eigenvalue weighted by atomic mass is 10.1. The maximum absolute atomic E-state index is 12.5. The Hall–Kier alpha value is -3.58. The molecule has 27 heavy (non-hydrogen) atoms. The Morgan fingerprint density at radius 3 is 2.56 bits per heavy atom. The van der Waals surface area contributed by atoms with Gasteiger partial charge in [0.15, 0.2) is 5.52 Å². The maximum atomic E-state index is 12.5. The van der Waals surface area contributed by atoms with E-state index in [9.17, 15) is 9.59 Å². The lowest BCUT2D eigenvalue weighted by Gasteiger charge is -1.98. The zero-order valence-electron chi connectivity index (χ0n) is 13.7. The van der Waals surface area contributed by atoms with Crippen LogP contribution in [0.2, 0.25) is 5.02 Å². The second-order valence-corrected chi connectivity index (χ2v) is 6.03. The van der Waals surface area contributed by atoms with Crippen molar-refractivity contribution in [3.63, 3.8) is 0 Å². The van der Waals surface area contributed by atoms with Crippen LogP contribution in [0.5, 0.6) is 0 Å². The second-order valence-electron chi connectivity index (χ2n) is 5.59. The van der Waals surface area contributed by atoms with Gasteiger partial charge in [0.05, 0.1) is 6.21 Å². The van der Waals surface area contributed by atoms with Crippen molar-refractivity contribution in [2.75, 3.05) is 0 Å². The van der Waals surface area contributed by atoms with Gasteiger partial charge >= 0.3 is 5.56 Å². The first-order valence-electron chi connectivity index (χ1n) is 7.90. The topological polar surface area (TPSA) is 90.3 Å². The Morgan fingerprint density at radius 2 is 1.81 bits per heavy atom. The maximum Gasteiger partial charge on any atom is 0.304 e. The van der Waals surface area contributed by atoms with Gasteiger partial charge in [0.2, 0.25) is 11.5 Å². The average Bonchev–Trinajstić information content (AvgIpc) is 3.14. The highest BCUT2D eigenvalue weighted by molar-refractivity contribution is 6.30. The van der Waals surface area contributed by atoms with Gasteiger partial charge < -0.3 is 4.52 Å². The number of halogens is 1.